The Balaban J connectivity index is 0.00000144. The van der Waals surface area contributed by atoms with Gasteiger partial charge in [0.25, 0.3) is 0 Å². The van der Waals surface area contributed by atoms with E-state index in [1.807, 2.05) is 19.9 Å². The van der Waals surface area contributed by atoms with Crippen LogP contribution in [-0.2, 0) is 0 Å². The van der Waals surface area contributed by atoms with Crippen LogP contribution in [0.25, 0.3) is 11.1 Å². The maximum Gasteiger partial charge on any atom is 0 e. The fourth-order valence-electron chi connectivity index (χ4n) is 1.05. The van der Waals surface area contributed by atoms with Crippen LogP contribution in [0.2, 0.25) is 0 Å². The molecule has 1 rings (SSSR count). The zero-order chi connectivity index (χ0) is 9.14. The van der Waals surface area contributed by atoms with Gasteiger partial charge < -0.3 is 0 Å². The van der Waals surface area contributed by atoms with Gasteiger partial charge in [-0.05, 0) is 31.0 Å². The molecule has 0 atom stereocenters. The van der Waals surface area contributed by atoms with Crippen molar-refractivity contribution in [3.8, 4) is 0 Å². The molecular weight excluding hydrogens is 176 g/mol. The van der Waals surface area contributed by atoms with Gasteiger partial charge in [0.2, 0.25) is 0 Å². The van der Waals surface area contributed by atoms with Gasteiger partial charge in [0.15, 0.2) is 0 Å². The van der Waals surface area contributed by atoms with Crippen molar-refractivity contribution in [3.63, 3.8) is 0 Å². The molecule has 0 heterocycles. The summed E-state index contributed by atoms with van der Waals surface area (Å²) in [4.78, 5) is 0. The van der Waals surface area contributed by atoms with E-state index < -0.39 is 0 Å². The van der Waals surface area contributed by atoms with E-state index in [1.165, 1.54) is 11.1 Å². The monoisotopic (exact) mass is 190 g/mol. The quantitative estimate of drug-likeness (QED) is 0.648. The molecule has 0 aliphatic heterocycles. The van der Waals surface area contributed by atoms with Crippen molar-refractivity contribution in [1.29, 1.82) is 0 Å². The first-order chi connectivity index (χ1) is 5.61. The van der Waals surface area contributed by atoms with E-state index in [-0.39, 0.29) is 13.5 Å². The molecule has 0 unspecified atom stereocenters. The van der Waals surface area contributed by atoms with Crippen molar-refractivity contribution in [2.75, 3.05) is 0 Å². The fourth-order valence-corrected chi connectivity index (χ4v) is 1.05. The van der Waals surface area contributed by atoms with E-state index in [4.69, 9.17) is 0 Å². The molecule has 68 valence electrons. The number of hydrogen-bond donors (Lipinski definition) is 0. The summed E-state index contributed by atoms with van der Waals surface area (Å²) in [5.74, 6) is 0. The van der Waals surface area contributed by atoms with E-state index in [0.717, 1.165) is 11.1 Å². The third-order valence-electron chi connectivity index (χ3n) is 1.85. The topological polar surface area (TPSA) is 0 Å². The SMILES string of the molecule is C=C(C)c1cccc(C(=C)C)c1.[S]. The van der Waals surface area contributed by atoms with Gasteiger partial charge in [0.1, 0.15) is 0 Å². The number of rotatable bonds is 2. The predicted molar refractivity (Wildman–Crippen MR) is 63.4 cm³/mol. The summed E-state index contributed by atoms with van der Waals surface area (Å²) in [6.07, 6.45) is 0. The lowest BCUT2D eigenvalue weighted by atomic mass is 10.0. The molecule has 2 radical (unpaired) electrons. The standard InChI is InChI=1S/C12H14.S/c1-9(2)11-6-5-7-12(8-11)10(3)4;/h5-8H,1,3H2,2,4H3;. The van der Waals surface area contributed by atoms with Gasteiger partial charge in [-0.1, -0.05) is 42.5 Å². The first kappa shape index (κ1) is 12.0. The minimum absolute atomic E-state index is 0. The minimum atomic E-state index is 0. The lowest BCUT2D eigenvalue weighted by Crippen LogP contribution is -1.81. The molecule has 0 spiro atoms. The molecule has 0 saturated carbocycles. The van der Waals surface area contributed by atoms with Crippen LogP contribution in [0.15, 0.2) is 37.4 Å². The Labute approximate surface area is 87.4 Å². The maximum atomic E-state index is 3.90. The number of allylic oxidation sites excluding steroid dienone is 2. The second-order valence-corrected chi connectivity index (χ2v) is 3.14. The van der Waals surface area contributed by atoms with Crippen LogP contribution in [0.5, 0.6) is 0 Å². The molecule has 0 amide bonds. The highest BCUT2D eigenvalue weighted by Crippen LogP contribution is 2.17. The second-order valence-electron chi connectivity index (χ2n) is 3.14. The van der Waals surface area contributed by atoms with E-state index >= 15 is 0 Å². The summed E-state index contributed by atoms with van der Waals surface area (Å²) in [7, 11) is 0. The highest BCUT2D eigenvalue weighted by atomic mass is 32.1. The Morgan fingerprint density at radius 2 is 1.38 bits per heavy atom. The summed E-state index contributed by atoms with van der Waals surface area (Å²) in [6, 6.07) is 8.28. The van der Waals surface area contributed by atoms with E-state index in [1.54, 1.807) is 0 Å². The van der Waals surface area contributed by atoms with Crippen molar-refractivity contribution in [2.24, 2.45) is 0 Å². The Morgan fingerprint density at radius 1 is 1.00 bits per heavy atom. The zero-order valence-electron chi connectivity index (χ0n) is 8.13. The maximum absolute atomic E-state index is 3.90. The molecule has 13 heavy (non-hydrogen) atoms. The highest BCUT2D eigenvalue weighted by molar-refractivity contribution is 7.59. The first-order valence-corrected chi connectivity index (χ1v) is 4.03. The predicted octanol–water partition coefficient (Wildman–Crippen LogP) is 4.40. The number of hydrogen-bond acceptors (Lipinski definition) is 0. The molecule has 0 aliphatic rings. The Kier molecular flexibility index (Phi) is 4.57. The summed E-state index contributed by atoms with van der Waals surface area (Å²) >= 11 is 0. The van der Waals surface area contributed by atoms with Gasteiger partial charge in [-0.3, -0.25) is 0 Å². The normalized spacial score (nSPS) is 8.77. The van der Waals surface area contributed by atoms with Crippen LogP contribution < -0.4 is 0 Å². The Morgan fingerprint density at radius 3 is 1.69 bits per heavy atom. The summed E-state index contributed by atoms with van der Waals surface area (Å²) < 4.78 is 0. The van der Waals surface area contributed by atoms with Crippen LogP contribution in [-0.4, -0.2) is 0 Å². The molecular formula is C12H14S. The van der Waals surface area contributed by atoms with Crippen LogP contribution >= 0.6 is 13.5 Å². The first-order valence-electron chi connectivity index (χ1n) is 4.03. The van der Waals surface area contributed by atoms with Gasteiger partial charge in [-0.15, -0.1) is 0 Å². The summed E-state index contributed by atoms with van der Waals surface area (Å²) in [5, 5.41) is 0. The van der Waals surface area contributed by atoms with Crippen molar-refractivity contribution >= 4 is 24.6 Å². The highest BCUT2D eigenvalue weighted by Gasteiger charge is 1.95. The average molecular weight is 190 g/mol. The molecule has 1 aromatic rings. The molecule has 1 heteroatoms. The van der Waals surface area contributed by atoms with Gasteiger partial charge in [0, 0.05) is 13.5 Å². The molecule has 0 saturated heterocycles. The second kappa shape index (κ2) is 4.93. The Bertz CT molecular complexity index is 294. The minimum Gasteiger partial charge on any atom is -0.0955 e. The largest absolute Gasteiger partial charge is 0.0955 e. The average Bonchev–Trinajstić information content (AvgIpc) is 2.04. The molecule has 0 N–H and O–H groups in total. The zero-order valence-corrected chi connectivity index (χ0v) is 8.95. The van der Waals surface area contributed by atoms with Gasteiger partial charge in [0.05, 0.1) is 0 Å². The molecule has 0 fully saturated rings. The van der Waals surface area contributed by atoms with Crippen LogP contribution in [0.1, 0.15) is 25.0 Å². The molecule has 1 aromatic carbocycles. The summed E-state index contributed by atoms with van der Waals surface area (Å²) in [5.41, 5.74) is 4.57. The van der Waals surface area contributed by atoms with Crippen LogP contribution in [0.3, 0.4) is 0 Å². The Hall–Kier alpha value is -0.950. The molecule has 0 nitrogen and oxygen atoms in total. The van der Waals surface area contributed by atoms with Gasteiger partial charge in [-0.2, -0.15) is 0 Å². The van der Waals surface area contributed by atoms with Crippen LogP contribution in [0, 0.1) is 0 Å². The van der Waals surface area contributed by atoms with E-state index in [0.29, 0.717) is 0 Å². The molecule has 0 aliphatic carbocycles. The van der Waals surface area contributed by atoms with Crippen molar-refractivity contribution in [3.05, 3.63) is 48.6 Å². The van der Waals surface area contributed by atoms with Crippen molar-refractivity contribution < 1.29 is 0 Å². The van der Waals surface area contributed by atoms with Crippen molar-refractivity contribution in [1.82, 2.24) is 0 Å². The smallest absolute Gasteiger partial charge is 0 e. The van der Waals surface area contributed by atoms with Gasteiger partial charge >= 0.3 is 0 Å². The fraction of sp³-hybridized carbons (Fsp3) is 0.167. The van der Waals surface area contributed by atoms with E-state index in [9.17, 15) is 0 Å². The number of benzene rings is 1. The van der Waals surface area contributed by atoms with E-state index in [2.05, 4.69) is 31.4 Å². The molecule has 0 bridgehead atoms. The lowest BCUT2D eigenvalue weighted by Gasteiger charge is -2.03. The van der Waals surface area contributed by atoms with Gasteiger partial charge in [-0.25, -0.2) is 0 Å². The van der Waals surface area contributed by atoms with Crippen molar-refractivity contribution in [2.45, 2.75) is 13.8 Å². The third-order valence-corrected chi connectivity index (χ3v) is 1.85. The summed E-state index contributed by atoms with van der Waals surface area (Å²) in [6.45, 7) is 11.8. The molecule has 0 aromatic heterocycles. The lowest BCUT2D eigenvalue weighted by molar-refractivity contribution is 1.52. The van der Waals surface area contributed by atoms with Crippen LogP contribution in [0.4, 0.5) is 0 Å². The third kappa shape index (κ3) is 3.11.